The van der Waals surface area contributed by atoms with Gasteiger partial charge in [0.25, 0.3) is 0 Å². The third-order valence-electron chi connectivity index (χ3n) is 3.00. The fourth-order valence-corrected chi connectivity index (χ4v) is 1.91. The van der Waals surface area contributed by atoms with E-state index in [0.29, 0.717) is 19.0 Å². The Bertz CT molecular complexity index is 494. The highest BCUT2D eigenvalue weighted by Crippen LogP contribution is 2.18. The van der Waals surface area contributed by atoms with E-state index < -0.39 is 0 Å². The van der Waals surface area contributed by atoms with Crippen LogP contribution in [0, 0.1) is 18.2 Å². The predicted octanol–water partition coefficient (Wildman–Crippen LogP) is 2.23. The molecule has 0 amide bonds. The zero-order valence-electron chi connectivity index (χ0n) is 13.3. The molecule has 0 spiro atoms. The first-order valence-electron chi connectivity index (χ1n) is 6.96. The molecule has 1 rings (SSSR count). The largest absolute Gasteiger partial charge is 0.357 e. The SMILES string of the molecule is C#CCNC(=NCC(c1ccc(F)cc1)N(C)C)NCC.I. The Hall–Kier alpha value is -1.33. The molecule has 0 aromatic heterocycles. The summed E-state index contributed by atoms with van der Waals surface area (Å²) in [5.74, 6) is 2.97. The molecule has 1 unspecified atom stereocenters. The summed E-state index contributed by atoms with van der Waals surface area (Å²) in [4.78, 5) is 6.59. The summed E-state index contributed by atoms with van der Waals surface area (Å²) in [6.45, 7) is 3.74. The second-order valence-corrected chi connectivity index (χ2v) is 4.81. The maximum Gasteiger partial charge on any atom is 0.192 e. The van der Waals surface area contributed by atoms with E-state index in [4.69, 9.17) is 6.42 Å². The lowest BCUT2D eigenvalue weighted by atomic mass is 10.1. The Kier molecular flexibility index (Phi) is 10.6. The molecule has 0 aliphatic heterocycles. The number of guanidine groups is 1. The van der Waals surface area contributed by atoms with Gasteiger partial charge in [-0.25, -0.2) is 4.39 Å². The first-order chi connectivity index (χ1) is 10.1. The predicted molar refractivity (Wildman–Crippen MR) is 101 cm³/mol. The van der Waals surface area contributed by atoms with Crippen molar-refractivity contribution in [1.29, 1.82) is 0 Å². The second-order valence-electron chi connectivity index (χ2n) is 4.81. The van der Waals surface area contributed by atoms with Crippen molar-refractivity contribution in [3.05, 3.63) is 35.6 Å². The van der Waals surface area contributed by atoms with E-state index in [-0.39, 0.29) is 35.8 Å². The number of terminal acetylenes is 1. The average molecular weight is 418 g/mol. The Balaban J connectivity index is 0.00000441. The van der Waals surface area contributed by atoms with E-state index in [9.17, 15) is 4.39 Å². The number of rotatable bonds is 6. The zero-order valence-corrected chi connectivity index (χ0v) is 15.6. The van der Waals surface area contributed by atoms with Crippen LogP contribution >= 0.6 is 24.0 Å². The van der Waals surface area contributed by atoms with Crippen LogP contribution in [0.2, 0.25) is 0 Å². The van der Waals surface area contributed by atoms with Gasteiger partial charge in [-0.3, -0.25) is 4.99 Å². The average Bonchev–Trinajstić information content (AvgIpc) is 2.46. The minimum atomic E-state index is -0.233. The summed E-state index contributed by atoms with van der Waals surface area (Å²) < 4.78 is 13.0. The molecule has 22 heavy (non-hydrogen) atoms. The Morgan fingerprint density at radius 3 is 2.45 bits per heavy atom. The molecular weight excluding hydrogens is 394 g/mol. The van der Waals surface area contributed by atoms with Crippen molar-refractivity contribution in [2.75, 3.05) is 33.7 Å². The van der Waals surface area contributed by atoms with Gasteiger partial charge in [0.1, 0.15) is 5.82 Å². The van der Waals surface area contributed by atoms with Crippen molar-refractivity contribution in [3.63, 3.8) is 0 Å². The Morgan fingerprint density at radius 2 is 1.95 bits per heavy atom. The maximum atomic E-state index is 13.0. The zero-order chi connectivity index (χ0) is 15.7. The van der Waals surface area contributed by atoms with E-state index >= 15 is 0 Å². The van der Waals surface area contributed by atoms with Crippen LogP contribution in [0.5, 0.6) is 0 Å². The maximum absolute atomic E-state index is 13.0. The summed E-state index contributed by atoms with van der Waals surface area (Å²) >= 11 is 0. The Morgan fingerprint density at radius 1 is 1.32 bits per heavy atom. The molecule has 0 aliphatic rings. The molecule has 0 saturated carbocycles. The third kappa shape index (κ3) is 7.09. The topological polar surface area (TPSA) is 39.7 Å². The third-order valence-corrected chi connectivity index (χ3v) is 3.00. The lowest BCUT2D eigenvalue weighted by Crippen LogP contribution is -2.38. The smallest absolute Gasteiger partial charge is 0.192 e. The fraction of sp³-hybridized carbons (Fsp3) is 0.438. The van der Waals surface area contributed by atoms with Crippen LogP contribution in [0.1, 0.15) is 18.5 Å². The van der Waals surface area contributed by atoms with Gasteiger partial charge in [0, 0.05) is 6.54 Å². The van der Waals surface area contributed by atoms with Crippen LogP contribution in [0.15, 0.2) is 29.3 Å². The van der Waals surface area contributed by atoms with Crippen molar-refractivity contribution in [3.8, 4) is 12.3 Å². The van der Waals surface area contributed by atoms with Crippen LogP contribution in [0.3, 0.4) is 0 Å². The number of nitrogens with zero attached hydrogens (tertiary/aromatic N) is 2. The molecule has 1 atom stereocenters. The number of likely N-dealkylation sites (N-methyl/N-ethyl adjacent to an activating group) is 1. The van der Waals surface area contributed by atoms with Crippen LogP contribution < -0.4 is 10.6 Å². The molecule has 0 heterocycles. The van der Waals surface area contributed by atoms with Gasteiger partial charge in [0.05, 0.1) is 19.1 Å². The molecule has 6 heteroatoms. The van der Waals surface area contributed by atoms with Crippen molar-refractivity contribution >= 4 is 29.9 Å². The molecule has 0 fully saturated rings. The van der Waals surface area contributed by atoms with Gasteiger partial charge in [0.15, 0.2) is 5.96 Å². The van der Waals surface area contributed by atoms with Gasteiger partial charge in [-0.1, -0.05) is 18.1 Å². The number of halogens is 2. The van der Waals surface area contributed by atoms with Crippen molar-refractivity contribution in [2.24, 2.45) is 4.99 Å². The normalized spacial score (nSPS) is 12.3. The van der Waals surface area contributed by atoms with Crippen LogP contribution in [0.4, 0.5) is 4.39 Å². The second kappa shape index (κ2) is 11.3. The molecule has 4 nitrogen and oxygen atoms in total. The standard InChI is InChI=1S/C16H23FN4.HI/c1-5-11-19-16(18-6-2)20-12-15(21(3)4)13-7-9-14(17)10-8-13;/h1,7-10,15H,6,11-12H2,2-4H3,(H2,18,19,20);1H. The van der Waals surface area contributed by atoms with Crippen LogP contribution in [-0.4, -0.2) is 44.6 Å². The molecule has 0 saturated heterocycles. The van der Waals surface area contributed by atoms with Crippen LogP contribution in [0.25, 0.3) is 0 Å². The van der Waals surface area contributed by atoms with Crippen molar-refractivity contribution in [1.82, 2.24) is 15.5 Å². The van der Waals surface area contributed by atoms with Gasteiger partial charge in [-0.2, -0.15) is 0 Å². The highest BCUT2D eigenvalue weighted by molar-refractivity contribution is 14.0. The van der Waals surface area contributed by atoms with Gasteiger partial charge >= 0.3 is 0 Å². The van der Waals surface area contributed by atoms with E-state index in [1.165, 1.54) is 12.1 Å². The van der Waals surface area contributed by atoms with Gasteiger partial charge in [-0.05, 0) is 38.7 Å². The first kappa shape index (κ1) is 20.7. The van der Waals surface area contributed by atoms with Gasteiger partial charge in [0.2, 0.25) is 0 Å². The highest BCUT2D eigenvalue weighted by atomic mass is 127. The summed E-state index contributed by atoms with van der Waals surface area (Å²) in [5.41, 5.74) is 1.03. The summed E-state index contributed by atoms with van der Waals surface area (Å²) in [7, 11) is 3.96. The molecule has 122 valence electrons. The lowest BCUT2D eigenvalue weighted by molar-refractivity contribution is 0.306. The first-order valence-corrected chi connectivity index (χ1v) is 6.96. The quantitative estimate of drug-likeness (QED) is 0.322. The minimum absolute atomic E-state index is 0. The van der Waals surface area contributed by atoms with Gasteiger partial charge < -0.3 is 15.5 Å². The summed E-state index contributed by atoms with van der Waals surface area (Å²) in [6, 6.07) is 6.59. The fourth-order valence-electron chi connectivity index (χ4n) is 1.91. The van der Waals surface area contributed by atoms with E-state index in [1.807, 2.05) is 21.0 Å². The molecule has 1 aromatic rings. The summed E-state index contributed by atoms with van der Waals surface area (Å²) in [5, 5.41) is 6.19. The van der Waals surface area contributed by atoms with E-state index in [2.05, 4.69) is 26.4 Å². The van der Waals surface area contributed by atoms with Crippen molar-refractivity contribution in [2.45, 2.75) is 13.0 Å². The molecule has 0 aliphatic carbocycles. The van der Waals surface area contributed by atoms with E-state index in [0.717, 1.165) is 12.1 Å². The number of nitrogens with one attached hydrogen (secondary N) is 2. The molecular formula is C16H24FIN4. The molecule has 2 N–H and O–H groups in total. The molecule has 0 radical (unpaired) electrons. The molecule has 0 bridgehead atoms. The molecule has 1 aromatic carbocycles. The monoisotopic (exact) mass is 418 g/mol. The number of aliphatic imine (C=N–C) groups is 1. The number of benzene rings is 1. The summed E-state index contributed by atoms with van der Waals surface area (Å²) in [6.07, 6.45) is 5.24. The number of hydrogen-bond donors (Lipinski definition) is 2. The Labute approximate surface area is 149 Å². The van der Waals surface area contributed by atoms with Crippen molar-refractivity contribution < 1.29 is 4.39 Å². The highest BCUT2D eigenvalue weighted by Gasteiger charge is 2.14. The van der Waals surface area contributed by atoms with Gasteiger partial charge in [-0.15, -0.1) is 30.4 Å². The van der Waals surface area contributed by atoms with E-state index in [1.54, 1.807) is 12.1 Å². The lowest BCUT2D eigenvalue weighted by Gasteiger charge is -2.23. The minimum Gasteiger partial charge on any atom is -0.357 e. The van der Waals surface area contributed by atoms with Crippen LogP contribution in [-0.2, 0) is 0 Å². The number of hydrogen-bond acceptors (Lipinski definition) is 2.